The number of carbonyl (C=O) groups is 2. The van der Waals surface area contributed by atoms with Crippen LogP contribution in [0.1, 0.15) is 39.0 Å². The molecule has 0 heterocycles. The third kappa shape index (κ3) is 2.72. The second-order valence-electron chi connectivity index (χ2n) is 3.78. The van der Waals surface area contributed by atoms with Crippen LogP contribution in [0, 0.1) is 5.92 Å². The van der Waals surface area contributed by atoms with E-state index in [-0.39, 0.29) is 11.8 Å². The molecule has 0 bridgehead atoms. The van der Waals surface area contributed by atoms with Crippen LogP contribution in [-0.2, 0) is 9.59 Å². The number of hydrogen-bond acceptors (Lipinski definition) is 2. The van der Waals surface area contributed by atoms with Crippen LogP contribution in [0.3, 0.4) is 0 Å². The Balaban J connectivity index is 2.54. The molecule has 0 aliphatic heterocycles. The van der Waals surface area contributed by atoms with Crippen LogP contribution in [0.15, 0.2) is 0 Å². The fraction of sp³-hybridized carbons (Fsp3) is 0.800. The lowest BCUT2D eigenvalue weighted by molar-refractivity contribution is -0.143. The average Bonchev–Trinajstić information content (AvgIpc) is 2.65. The van der Waals surface area contributed by atoms with Crippen LogP contribution >= 0.6 is 0 Å². The van der Waals surface area contributed by atoms with Crippen molar-refractivity contribution in [1.29, 1.82) is 0 Å². The van der Waals surface area contributed by atoms with Gasteiger partial charge in [0.1, 0.15) is 6.04 Å². The molecule has 1 aliphatic rings. The highest BCUT2D eigenvalue weighted by atomic mass is 16.4. The summed E-state index contributed by atoms with van der Waals surface area (Å²) in [6, 6.07) is -0.676. The highest BCUT2D eigenvalue weighted by Gasteiger charge is 2.31. The zero-order chi connectivity index (χ0) is 10.6. The van der Waals surface area contributed by atoms with E-state index in [0.717, 1.165) is 25.7 Å². The summed E-state index contributed by atoms with van der Waals surface area (Å²) in [6.07, 6.45) is 4.34. The fourth-order valence-corrected chi connectivity index (χ4v) is 1.95. The molecule has 1 atom stereocenters. The normalized spacial score (nSPS) is 19.2. The largest absolute Gasteiger partial charge is 0.480 e. The summed E-state index contributed by atoms with van der Waals surface area (Å²) < 4.78 is 0. The molecule has 4 heteroatoms. The zero-order valence-corrected chi connectivity index (χ0v) is 8.45. The lowest BCUT2D eigenvalue weighted by atomic mass is 9.98. The van der Waals surface area contributed by atoms with Crippen molar-refractivity contribution < 1.29 is 14.7 Å². The molecule has 1 fully saturated rings. The molecule has 0 spiro atoms. The summed E-state index contributed by atoms with van der Waals surface area (Å²) in [7, 11) is 0. The number of nitrogens with one attached hydrogen (secondary N) is 1. The molecular formula is C10H17NO3. The van der Waals surface area contributed by atoms with Crippen molar-refractivity contribution in [3.63, 3.8) is 0 Å². The number of carboxylic acid groups (broad SMARTS) is 1. The SMILES string of the molecule is CCC(=O)NC(C(=O)O)C1CCCC1. The van der Waals surface area contributed by atoms with Crippen LogP contribution < -0.4 is 5.32 Å². The van der Waals surface area contributed by atoms with Crippen molar-refractivity contribution >= 4 is 11.9 Å². The molecule has 80 valence electrons. The summed E-state index contributed by atoms with van der Waals surface area (Å²) in [6.45, 7) is 1.73. The second-order valence-corrected chi connectivity index (χ2v) is 3.78. The molecule has 14 heavy (non-hydrogen) atoms. The molecule has 0 aromatic rings. The topological polar surface area (TPSA) is 66.4 Å². The van der Waals surface area contributed by atoms with E-state index < -0.39 is 12.0 Å². The van der Waals surface area contributed by atoms with Gasteiger partial charge in [-0.3, -0.25) is 4.79 Å². The van der Waals surface area contributed by atoms with Gasteiger partial charge in [0.25, 0.3) is 0 Å². The summed E-state index contributed by atoms with van der Waals surface area (Å²) in [5.41, 5.74) is 0. The van der Waals surface area contributed by atoms with E-state index in [0.29, 0.717) is 6.42 Å². The van der Waals surface area contributed by atoms with Crippen molar-refractivity contribution in [2.75, 3.05) is 0 Å². The molecule has 4 nitrogen and oxygen atoms in total. The Morgan fingerprint density at radius 3 is 2.43 bits per heavy atom. The first-order chi connectivity index (χ1) is 6.65. The molecular weight excluding hydrogens is 182 g/mol. The summed E-state index contributed by atoms with van der Waals surface area (Å²) in [5, 5.41) is 11.5. The maximum Gasteiger partial charge on any atom is 0.326 e. The van der Waals surface area contributed by atoms with E-state index >= 15 is 0 Å². The van der Waals surface area contributed by atoms with E-state index in [2.05, 4.69) is 5.32 Å². The number of hydrogen-bond donors (Lipinski definition) is 2. The lowest BCUT2D eigenvalue weighted by Gasteiger charge is -2.20. The third-order valence-electron chi connectivity index (χ3n) is 2.77. The molecule has 0 saturated heterocycles. The quantitative estimate of drug-likeness (QED) is 0.714. The molecule has 1 aliphatic carbocycles. The molecule has 1 saturated carbocycles. The molecule has 2 N–H and O–H groups in total. The van der Waals surface area contributed by atoms with Crippen LogP contribution in [0.25, 0.3) is 0 Å². The summed E-state index contributed by atoms with van der Waals surface area (Å²) >= 11 is 0. The first kappa shape index (κ1) is 11.0. The van der Waals surface area contributed by atoms with Crippen molar-refractivity contribution in [3.8, 4) is 0 Å². The van der Waals surface area contributed by atoms with Gasteiger partial charge in [-0.2, -0.15) is 0 Å². The van der Waals surface area contributed by atoms with Gasteiger partial charge in [-0.1, -0.05) is 19.8 Å². The minimum atomic E-state index is -0.904. The predicted octanol–water partition coefficient (Wildman–Crippen LogP) is 1.16. The first-order valence-electron chi connectivity index (χ1n) is 5.17. The highest BCUT2D eigenvalue weighted by molar-refractivity contribution is 5.83. The Morgan fingerprint density at radius 1 is 1.43 bits per heavy atom. The van der Waals surface area contributed by atoms with Crippen molar-refractivity contribution in [2.45, 2.75) is 45.1 Å². The smallest absolute Gasteiger partial charge is 0.326 e. The van der Waals surface area contributed by atoms with Gasteiger partial charge in [0.15, 0.2) is 0 Å². The van der Waals surface area contributed by atoms with Crippen molar-refractivity contribution in [2.24, 2.45) is 5.92 Å². The van der Waals surface area contributed by atoms with E-state index in [9.17, 15) is 9.59 Å². The Bertz CT molecular complexity index is 221. The lowest BCUT2D eigenvalue weighted by Crippen LogP contribution is -2.45. The van der Waals surface area contributed by atoms with Gasteiger partial charge in [-0.15, -0.1) is 0 Å². The van der Waals surface area contributed by atoms with Gasteiger partial charge < -0.3 is 10.4 Å². The Kier molecular flexibility index (Phi) is 3.92. The Hall–Kier alpha value is -1.06. The maximum absolute atomic E-state index is 11.1. The second kappa shape index (κ2) is 4.98. The minimum Gasteiger partial charge on any atom is -0.480 e. The van der Waals surface area contributed by atoms with Crippen LogP contribution in [0.5, 0.6) is 0 Å². The first-order valence-corrected chi connectivity index (χ1v) is 5.17. The van der Waals surface area contributed by atoms with Crippen LogP contribution in [-0.4, -0.2) is 23.0 Å². The fourth-order valence-electron chi connectivity index (χ4n) is 1.95. The number of rotatable bonds is 4. The van der Waals surface area contributed by atoms with Crippen molar-refractivity contribution in [1.82, 2.24) is 5.32 Å². The third-order valence-corrected chi connectivity index (χ3v) is 2.77. The predicted molar refractivity (Wildman–Crippen MR) is 51.8 cm³/mol. The number of aliphatic carboxylic acids is 1. The molecule has 1 amide bonds. The van der Waals surface area contributed by atoms with E-state index in [1.807, 2.05) is 0 Å². The molecule has 0 aromatic carbocycles. The van der Waals surface area contributed by atoms with Gasteiger partial charge in [0.2, 0.25) is 5.91 Å². The maximum atomic E-state index is 11.1. The molecule has 0 aromatic heterocycles. The Labute approximate surface area is 83.7 Å². The van der Waals surface area contributed by atoms with Crippen LogP contribution in [0.2, 0.25) is 0 Å². The van der Waals surface area contributed by atoms with E-state index in [1.165, 1.54) is 0 Å². The minimum absolute atomic E-state index is 0.128. The Morgan fingerprint density at radius 2 is 2.00 bits per heavy atom. The highest BCUT2D eigenvalue weighted by Crippen LogP contribution is 2.27. The molecule has 0 radical (unpaired) electrons. The van der Waals surface area contributed by atoms with E-state index in [1.54, 1.807) is 6.92 Å². The number of amides is 1. The zero-order valence-electron chi connectivity index (χ0n) is 8.45. The summed E-state index contributed by atoms with van der Waals surface area (Å²) in [5.74, 6) is -0.953. The van der Waals surface area contributed by atoms with Gasteiger partial charge in [-0.25, -0.2) is 4.79 Å². The van der Waals surface area contributed by atoms with Gasteiger partial charge >= 0.3 is 5.97 Å². The van der Waals surface area contributed by atoms with E-state index in [4.69, 9.17) is 5.11 Å². The summed E-state index contributed by atoms with van der Waals surface area (Å²) in [4.78, 5) is 22.0. The van der Waals surface area contributed by atoms with Gasteiger partial charge in [0, 0.05) is 6.42 Å². The van der Waals surface area contributed by atoms with Crippen molar-refractivity contribution in [3.05, 3.63) is 0 Å². The van der Waals surface area contributed by atoms with Gasteiger partial charge in [-0.05, 0) is 18.8 Å². The van der Waals surface area contributed by atoms with Gasteiger partial charge in [0.05, 0.1) is 0 Å². The average molecular weight is 199 g/mol. The monoisotopic (exact) mass is 199 g/mol. The molecule has 1 unspecified atom stereocenters. The standard InChI is InChI=1S/C10H17NO3/c1-2-8(12)11-9(10(13)14)7-5-3-4-6-7/h7,9H,2-6H2,1H3,(H,11,12)(H,13,14). The number of carbonyl (C=O) groups excluding carboxylic acids is 1. The molecule has 1 rings (SSSR count). The number of carboxylic acids is 1. The van der Waals surface area contributed by atoms with Crippen LogP contribution in [0.4, 0.5) is 0 Å².